The highest BCUT2D eigenvalue weighted by atomic mass is 35.5. The Morgan fingerprint density at radius 2 is 1.92 bits per heavy atom. The van der Waals surface area contributed by atoms with Crippen molar-refractivity contribution in [3.05, 3.63) is 34.2 Å². The summed E-state index contributed by atoms with van der Waals surface area (Å²) in [5, 5.41) is 3.20. The molecule has 0 spiro atoms. The van der Waals surface area contributed by atoms with E-state index < -0.39 is 9.84 Å². The highest BCUT2D eigenvalue weighted by Gasteiger charge is 2.20. The molecule has 0 saturated carbocycles. The molecule has 130 valence electrons. The van der Waals surface area contributed by atoms with Crippen molar-refractivity contribution in [2.75, 3.05) is 25.8 Å². The first-order chi connectivity index (χ1) is 11.2. The quantitative estimate of drug-likeness (QED) is 0.756. The van der Waals surface area contributed by atoms with Gasteiger partial charge < -0.3 is 14.8 Å². The van der Waals surface area contributed by atoms with Crippen LogP contribution in [0.25, 0.3) is 0 Å². The van der Waals surface area contributed by atoms with Crippen molar-refractivity contribution in [3.8, 4) is 11.5 Å². The fourth-order valence-corrected chi connectivity index (χ4v) is 3.16. The van der Waals surface area contributed by atoms with Crippen LogP contribution in [0, 0.1) is 0 Å². The molecule has 2 aromatic rings. The van der Waals surface area contributed by atoms with Crippen LogP contribution < -0.4 is 14.8 Å². The molecule has 1 heterocycles. The molecule has 0 amide bonds. The van der Waals surface area contributed by atoms with Crippen LogP contribution in [0.3, 0.4) is 0 Å². The van der Waals surface area contributed by atoms with Crippen LogP contribution in [-0.2, 0) is 15.6 Å². The number of hydrogen-bond acceptors (Lipinski definition) is 7. The second-order valence-corrected chi connectivity index (χ2v) is 7.74. The summed E-state index contributed by atoms with van der Waals surface area (Å²) in [4.78, 5) is 7.76. The third kappa shape index (κ3) is 4.40. The van der Waals surface area contributed by atoms with E-state index in [4.69, 9.17) is 32.7 Å². The van der Waals surface area contributed by atoms with Crippen LogP contribution in [0.2, 0.25) is 10.3 Å². The highest BCUT2D eigenvalue weighted by Crippen LogP contribution is 2.38. The number of benzene rings is 1. The van der Waals surface area contributed by atoms with Crippen molar-refractivity contribution in [1.29, 1.82) is 0 Å². The van der Waals surface area contributed by atoms with Gasteiger partial charge in [-0.15, -0.1) is 0 Å². The molecule has 0 unspecified atom stereocenters. The Kier molecular flexibility index (Phi) is 5.74. The fraction of sp³-hybridized carbons (Fsp3) is 0.286. The first-order valence-corrected chi connectivity index (χ1v) is 9.43. The standard InChI is InChI=1S/C14H15Cl2N3O4S/c1-22-11-5-4-10(8(12(11)23-2)7-24(3,20)21)18-13-9(15)6-17-14(16)19-13/h4-6H,7H2,1-3H3,(H,17,18,19). The van der Waals surface area contributed by atoms with Gasteiger partial charge in [0, 0.05) is 17.5 Å². The van der Waals surface area contributed by atoms with E-state index in [0.717, 1.165) is 6.26 Å². The van der Waals surface area contributed by atoms with E-state index in [9.17, 15) is 8.42 Å². The lowest BCUT2D eigenvalue weighted by Gasteiger charge is -2.17. The third-order valence-corrected chi connectivity index (χ3v) is 4.29. The van der Waals surface area contributed by atoms with Crippen LogP contribution >= 0.6 is 23.2 Å². The van der Waals surface area contributed by atoms with E-state index in [1.807, 2.05) is 0 Å². The minimum Gasteiger partial charge on any atom is -0.493 e. The summed E-state index contributed by atoms with van der Waals surface area (Å²) in [7, 11) is -0.434. The first-order valence-electron chi connectivity index (χ1n) is 6.61. The molecule has 0 radical (unpaired) electrons. The van der Waals surface area contributed by atoms with Crippen LogP contribution in [0.4, 0.5) is 11.5 Å². The summed E-state index contributed by atoms with van der Waals surface area (Å²) in [6.07, 6.45) is 2.47. The smallest absolute Gasteiger partial charge is 0.224 e. The predicted molar refractivity (Wildman–Crippen MR) is 93.4 cm³/mol. The number of ether oxygens (including phenoxy) is 2. The fourth-order valence-electron chi connectivity index (χ4n) is 2.07. The zero-order chi connectivity index (χ0) is 17.9. The summed E-state index contributed by atoms with van der Waals surface area (Å²) >= 11 is 11.8. The van der Waals surface area contributed by atoms with Crippen LogP contribution in [-0.4, -0.2) is 38.9 Å². The van der Waals surface area contributed by atoms with E-state index in [1.165, 1.54) is 20.4 Å². The normalized spacial score (nSPS) is 11.2. The molecule has 0 atom stereocenters. The Balaban J connectivity index is 2.58. The van der Waals surface area contributed by atoms with Gasteiger partial charge in [-0.25, -0.2) is 13.4 Å². The summed E-state index contributed by atoms with van der Waals surface area (Å²) in [6.45, 7) is 0. The van der Waals surface area contributed by atoms with Gasteiger partial charge in [0.1, 0.15) is 5.02 Å². The summed E-state index contributed by atoms with van der Waals surface area (Å²) < 4.78 is 34.1. The maximum atomic E-state index is 11.8. The Morgan fingerprint density at radius 3 is 2.50 bits per heavy atom. The second kappa shape index (κ2) is 7.42. The molecule has 0 aliphatic rings. The summed E-state index contributed by atoms with van der Waals surface area (Å²) in [6, 6.07) is 3.29. The molecule has 0 saturated heterocycles. The average molecular weight is 392 g/mol. The Morgan fingerprint density at radius 1 is 1.21 bits per heavy atom. The lowest BCUT2D eigenvalue weighted by Crippen LogP contribution is -2.08. The number of nitrogens with one attached hydrogen (secondary N) is 1. The lowest BCUT2D eigenvalue weighted by atomic mass is 10.1. The molecule has 2 rings (SSSR count). The largest absolute Gasteiger partial charge is 0.493 e. The molecule has 7 nitrogen and oxygen atoms in total. The average Bonchev–Trinajstić information content (AvgIpc) is 2.50. The molecule has 24 heavy (non-hydrogen) atoms. The number of halogens is 2. The predicted octanol–water partition coefficient (Wildman–Crippen LogP) is 3.09. The maximum Gasteiger partial charge on any atom is 0.224 e. The Bertz CT molecular complexity index is 859. The molecule has 1 N–H and O–H groups in total. The van der Waals surface area contributed by atoms with Gasteiger partial charge in [0.25, 0.3) is 0 Å². The number of hydrogen-bond donors (Lipinski definition) is 1. The molecule has 0 fully saturated rings. The zero-order valence-corrected chi connectivity index (χ0v) is 15.5. The molecule has 10 heteroatoms. The minimum atomic E-state index is -3.34. The maximum absolute atomic E-state index is 11.8. The molecule has 0 aliphatic carbocycles. The van der Waals surface area contributed by atoms with Crippen molar-refractivity contribution in [3.63, 3.8) is 0 Å². The van der Waals surface area contributed by atoms with Gasteiger partial charge in [-0.1, -0.05) is 11.6 Å². The number of nitrogens with zero attached hydrogens (tertiary/aromatic N) is 2. The number of sulfone groups is 1. The summed E-state index contributed by atoms with van der Waals surface area (Å²) in [5.41, 5.74) is 0.847. The van der Waals surface area contributed by atoms with E-state index >= 15 is 0 Å². The Hall–Kier alpha value is -1.77. The van der Waals surface area contributed by atoms with Crippen LogP contribution in [0.5, 0.6) is 11.5 Å². The topological polar surface area (TPSA) is 90.4 Å². The van der Waals surface area contributed by atoms with Gasteiger partial charge >= 0.3 is 0 Å². The number of aromatic nitrogens is 2. The van der Waals surface area contributed by atoms with E-state index in [0.29, 0.717) is 22.7 Å². The highest BCUT2D eigenvalue weighted by molar-refractivity contribution is 7.89. The Labute approximate surface area is 149 Å². The van der Waals surface area contributed by atoms with Gasteiger partial charge in [-0.2, -0.15) is 4.98 Å². The lowest BCUT2D eigenvalue weighted by molar-refractivity contribution is 0.353. The van der Waals surface area contributed by atoms with Crippen LogP contribution in [0.15, 0.2) is 18.3 Å². The van der Waals surface area contributed by atoms with E-state index in [-0.39, 0.29) is 21.9 Å². The number of methoxy groups -OCH3 is 2. The first kappa shape index (κ1) is 18.6. The molecular formula is C14H15Cl2N3O4S. The molecule has 0 bridgehead atoms. The second-order valence-electron chi connectivity index (χ2n) is 4.86. The van der Waals surface area contributed by atoms with Gasteiger partial charge in [-0.3, -0.25) is 0 Å². The van der Waals surface area contributed by atoms with Gasteiger partial charge in [0.15, 0.2) is 27.2 Å². The minimum absolute atomic E-state index is 0.00652. The van der Waals surface area contributed by atoms with Gasteiger partial charge in [0.2, 0.25) is 5.28 Å². The zero-order valence-electron chi connectivity index (χ0n) is 13.1. The van der Waals surface area contributed by atoms with Gasteiger partial charge in [-0.05, 0) is 23.7 Å². The van der Waals surface area contributed by atoms with Crippen molar-refractivity contribution < 1.29 is 17.9 Å². The van der Waals surface area contributed by atoms with Gasteiger partial charge in [0.05, 0.1) is 26.2 Å². The van der Waals surface area contributed by atoms with Crippen molar-refractivity contribution in [1.82, 2.24) is 9.97 Å². The van der Waals surface area contributed by atoms with Crippen molar-refractivity contribution >= 4 is 44.5 Å². The molecule has 1 aromatic heterocycles. The number of anilines is 2. The van der Waals surface area contributed by atoms with Crippen molar-refractivity contribution in [2.24, 2.45) is 0 Å². The summed E-state index contributed by atoms with van der Waals surface area (Å²) in [5.74, 6) is 0.711. The third-order valence-electron chi connectivity index (χ3n) is 3.02. The van der Waals surface area contributed by atoms with E-state index in [2.05, 4.69) is 15.3 Å². The number of rotatable bonds is 6. The molecule has 1 aromatic carbocycles. The van der Waals surface area contributed by atoms with Crippen molar-refractivity contribution in [2.45, 2.75) is 5.75 Å². The monoisotopic (exact) mass is 391 g/mol. The SMILES string of the molecule is COc1ccc(Nc2nc(Cl)ncc2Cl)c(CS(C)(=O)=O)c1OC. The molecular weight excluding hydrogens is 377 g/mol. The molecule has 0 aliphatic heterocycles. The van der Waals surface area contributed by atoms with E-state index in [1.54, 1.807) is 12.1 Å². The van der Waals surface area contributed by atoms with Crippen LogP contribution in [0.1, 0.15) is 5.56 Å².